The zero-order chi connectivity index (χ0) is 26.6. The minimum Gasteiger partial charge on any atom is -0.468 e. The fraction of sp³-hybridized carbons (Fsp3) is 0.500. The molecule has 7 heteroatoms. The fourth-order valence-corrected chi connectivity index (χ4v) is 7.91. The van der Waals surface area contributed by atoms with Crippen LogP contribution in [0.2, 0.25) is 0 Å². The third-order valence-electron chi connectivity index (χ3n) is 8.91. The molecule has 1 aliphatic heterocycles. The van der Waals surface area contributed by atoms with Gasteiger partial charge in [0.1, 0.15) is 5.76 Å². The lowest BCUT2D eigenvalue weighted by atomic mass is 9.80. The molecule has 3 heterocycles. The summed E-state index contributed by atoms with van der Waals surface area (Å²) in [5.74, 6) is 0.687. The number of carbonyl (C=O) groups is 2. The van der Waals surface area contributed by atoms with Gasteiger partial charge in [-0.15, -0.1) is 11.3 Å². The number of rotatable bonds is 10. The van der Waals surface area contributed by atoms with E-state index in [1.54, 1.807) is 17.6 Å². The Bertz CT molecular complexity index is 1230. The van der Waals surface area contributed by atoms with Crippen LogP contribution in [0, 0.1) is 0 Å². The second-order valence-electron chi connectivity index (χ2n) is 11.3. The number of hydrogen-bond acceptors (Lipinski definition) is 5. The maximum atomic E-state index is 14.0. The summed E-state index contributed by atoms with van der Waals surface area (Å²) in [6.07, 6.45) is 12.0. The first-order valence-corrected chi connectivity index (χ1v) is 15.6. The van der Waals surface area contributed by atoms with Gasteiger partial charge in [-0.25, -0.2) is 0 Å². The van der Waals surface area contributed by atoms with Crippen LogP contribution >= 0.6 is 11.3 Å². The van der Waals surface area contributed by atoms with Gasteiger partial charge in [-0.3, -0.25) is 14.5 Å². The molecule has 6 rings (SSSR count). The second kappa shape index (κ2) is 12.1. The molecule has 3 aromatic rings. The van der Waals surface area contributed by atoms with Crippen LogP contribution in [0.15, 0.2) is 64.6 Å². The van der Waals surface area contributed by atoms with Crippen LogP contribution in [0.1, 0.15) is 96.3 Å². The minimum atomic E-state index is -0.410. The fourth-order valence-electron chi connectivity index (χ4n) is 7.05. The highest BCUT2D eigenvalue weighted by atomic mass is 32.1. The number of hydrogen-bond donors (Lipinski definition) is 1. The van der Waals surface area contributed by atoms with Crippen molar-refractivity contribution in [1.29, 1.82) is 0 Å². The number of carbonyl (C=O) groups excluding carboxylic acids is 2. The van der Waals surface area contributed by atoms with Crippen molar-refractivity contribution in [3.05, 3.63) is 81.9 Å². The van der Waals surface area contributed by atoms with Crippen LogP contribution < -0.4 is 5.32 Å². The van der Waals surface area contributed by atoms with Gasteiger partial charge in [-0.05, 0) is 67.3 Å². The molecule has 1 N–H and O–H groups in total. The van der Waals surface area contributed by atoms with Gasteiger partial charge in [0.2, 0.25) is 5.91 Å². The van der Waals surface area contributed by atoms with Crippen LogP contribution in [0.4, 0.5) is 0 Å². The van der Waals surface area contributed by atoms with Crippen LogP contribution in [-0.4, -0.2) is 46.8 Å². The Morgan fingerprint density at radius 1 is 1.00 bits per heavy atom. The molecule has 206 valence electrons. The summed E-state index contributed by atoms with van der Waals surface area (Å²) < 4.78 is 5.65. The summed E-state index contributed by atoms with van der Waals surface area (Å²) in [5.41, 5.74) is 1.54. The van der Waals surface area contributed by atoms with Gasteiger partial charge >= 0.3 is 0 Å². The predicted molar refractivity (Wildman–Crippen MR) is 154 cm³/mol. The second-order valence-corrected chi connectivity index (χ2v) is 12.3. The van der Waals surface area contributed by atoms with Gasteiger partial charge in [0.25, 0.3) is 5.91 Å². The topological polar surface area (TPSA) is 65.8 Å². The number of benzene rings is 1. The predicted octanol–water partition coefficient (Wildman–Crippen LogP) is 6.52. The maximum Gasteiger partial charge on any atom is 0.254 e. The van der Waals surface area contributed by atoms with Crippen molar-refractivity contribution in [2.75, 3.05) is 13.1 Å². The molecular formula is C32H39N3O3S. The summed E-state index contributed by atoms with van der Waals surface area (Å²) in [6, 6.07) is 16.4. The molecule has 1 aromatic carbocycles. The van der Waals surface area contributed by atoms with Crippen LogP contribution in [0.25, 0.3) is 0 Å². The molecule has 0 bridgehead atoms. The van der Waals surface area contributed by atoms with Crippen molar-refractivity contribution in [1.82, 2.24) is 15.1 Å². The third kappa shape index (κ3) is 5.57. The SMILES string of the molecule is O=C(NCCCN(Cc1ccco1)C1CCCC1)[C@H]1c2ccccc2C(=O)N(C2CCCC2)[C@@H]1c1cccs1. The zero-order valence-electron chi connectivity index (χ0n) is 22.6. The van der Waals surface area contributed by atoms with Gasteiger partial charge in [-0.2, -0.15) is 0 Å². The highest BCUT2D eigenvalue weighted by Crippen LogP contribution is 2.47. The molecule has 39 heavy (non-hydrogen) atoms. The number of nitrogens with zero attached hydrogens (tertiary/aromatic N) is 2. The Labute approximate surface area is 235 Å². The minimum absolute atomic E-state index is 0.0230. The van der Waals surface area contributed by atoms with Gasteiger partial charge in [0.15, 0.2) is 0 Å². The van der Waals surface area contributed by atoms with Crippen molar-refractivity contribution in [3.63, 3.8) is 0 Å². The summed E-state index contributed by atoms with van der Waals surface area (Å²) in [6.45, 7) is 2.36. The largest absolute Gasteiger partial charge is 0.468 e. The molecule has 2 atom stereocenters. The van der Waals surface area contributed by atoms with Crippen LogP contribution in [0.3, 0.4) is 0 Å². The molecular weight excluding hydrogens is 506 g/mol. The van der Waals surface area contributed by atoms with E-state index in [2.05, 4.69) is 26.6 Å². The van der Waals surface area contributed by atoms with E-state index in [0.29, 0.717) is 18.2 Å². The van der Waals surface area contributed by atoms with Gasteiger partial charge in [0, 0.05) is 35.6 Å². The monoisotopic (exact) mass is 545 g/mol. The highest BCUT2D eigenvalue weighted by Gasteiger charge is 2.47. The summed E-state index contributed by atoms with van der Waals surface area (Å²) >= 11 is 1.65. The van der Waals surface area contributed by atoms with Crippen LogP contribution in [0.5, 0.6) is 0 Å². The van der Waals surface area contributed by atoms with Gasteiger partial charge in [-0.1, -0.05) is 49.9 Å². The maximum absolute atomic E-state index is 14.0. The lowest BCUT2D eigenvalue weighted by Gasteiger charge is -2.44. The Morgan fingerprint density at radius 2 is 1.79 bits per heavy atom. The number of fused-ring (bicyclic) bond motifs is 1. The Morgan fingerprint density at radius 3 is 2.54 bits per heavy atom. The van der Waals surface area contributed by atoms with E-state index < -0.39 is 5.92 Å². The number of amides is 2. The molecule has 0 unspecified atom stereocenters. The quantitative estimate of drug-likeness (QED) is 0.295. The van der Waals surface area contributed by atoms with E-state index >= 15 is 0 Å². The van der Waals surface area contributed by atoms with Crippen molar-refractivity contribution >= 4 is 23.2 Å². The summed E-state index contributed by atoms with van der Waals surface area (Å²) in [4.78, 5) is 33.6. The highest BCUT2D eigenvalue weighted by molar-refractivity contribution is 7.10. The lowest BCUT2D eigenvalue weighted by Crippen LogP contribution is -2.50. The number of thiophene rings is 1. The molecule has 3 aliphatic rings. The number of nitrogens with one attached hydrogen (secondary N) is 1. The average molecular weight is 546 g/mol. The van der Waals surface area contributed by atoms with E-state index in [-0.39, 0.29) is 23.9 Å². The van der Waals surface area contributed by atoms with E-state index in [1.807, 2.05) is 42.5 Å². The first-order valence-electron chi connectivity index (χ1n) is 14.7. The lowest BCUT2D eigenvalue weighted by molar-refractivity contribution is -0.124. The smallest absolute Gasteiger partial charge is 0.254 e. The molecule has 0 radical (unpaired) electrons. The normalized spacial score (nSPS) is 22.1. The van der Waals surface area contributed by atoms with Gasteiger partial charge in [0.05, 0.1) is 24.8 Å². The standard InChI is InChI=1S/C32H39N3O3S/c36-31(33-18-9-19-34(23-10-1-2-11-23)22-25-14-7-20-38-25)29-26-15-5-6-16-27(26)32(37)35(24-12-3-4-13-24)30(29)28-17-8-21-39-28/h5-8,14-17,20-21,23-24,29-30H,1-4,9-13,18-19,22H2,(H,33,36)/t29-,30+/m0/s1. The van der Waals surface area contributed by atoms with Crippen molar-refractivity contribution in [3.8, 4) is 0 Å². The Kier molecular flexibility index (Phi) is 8.16. The third-order valence-corrected chi connectivity index (χ3v) is 9.86. The molecule has 0 spiro atoms. The molecule has 6 nitrogen and oxygen atoms in total. The molecule has 2 amide bonds. The zero-order valence-corrected chi connectivity index (χ0v) is 23.4. The molecule has 2 fully saturated rings. The molecule has 2 saturated carbocycles. The molecule has 2 aromatic heterocycles. The first-order chi connectivity index (χ1) is 19.2. The Hall–Kier alpha value is -2.90. The van der Waals surface area contributed by atoms with E-state index in [9.17, 15) is 9.59 Å². The van der Waals surface area contributed by atoms with Gasteiger partial charge < -0.3 is 14.6 Å². The van der Waals surface area contributed by atoms with Crippen molar-refractivity contribution in [2.24, 2.45) is 0 Å². The summed E-state index contributed by atoms with van der Waals surface area (Å²) in [5, 5.41) is 5.35. The van der Waals surface area contributed by atoms with E-state index in [0.717, 1.165) is 61.4 Å². The van der Waals surface area contributed by atoms with E-state index in [4.69, 9.17) is 4.42 Å². The first kappa shape index (κ1) is 26.3. The molecule has 0 saturated heterocycles. The van der Waals surface area contributed by atoms with Crippen molar-refractivity contribution in [2.45, 2.75) is 88.4 Å². The van der Waals surface area contributed by atoms with Crippen molar-refractivity contribution < 1.29 is 14.0 Å². The Balaban J connectivity index is 1.19. The summed E-state index contributed by atoms with van der Waals surface area (Å²) in [7, 11) is 0. The van der Waals surface area contributed by atoms with E-state index in [1.165, 1.54) is 25.7 Å². The van der Waals surface area contributed by atoms with Crippen LogP contribution in [-0.2, 0) is 11.3 Å². The average Bonchev–Trinajstić information content (AvgIpc) is 3.78. The number of furan rings is 1. The molecule has 2 aliphatic carbocycles.